The molecule has 1 saturated heterocycles. The molecule has 1 aromatic heterocycles. The van der Waals surface area contributed by atoms with Gasteiger partial charge in [-0.15, -0.1) is 0 Å². The normalized spacial score (nSPS) is 22.5. The zero-order valence-corrected chi connectivity index (χ0v) is 7.86. The van der Waals surface area contributed by atoms with Crippen molar-refractivity contribution >= 4 is 17.5 Å². The van der Waals surface area contributed by atoms with E-state index in [1.165, 1.54) is 0 Å². The summed E-state index contributed by atoms with van der Waals surface area (Å²) in [7, 11) is 0. The summed E-state index contributed by atoms with van der Waals surface area (Å²) in [6, 6.07) is 1.75. The van der Waals surface area contributed by atoms with Crippen LogP contribution in [0.2, 0.25) is 0 Å². The molecule has 1 aliphatic heterocycles. The lowest BCUT2D eigenvalue weighted by Crippen LogP contribution is -2.16. The molecule has 2 heterocycles. The highest BCUT2D eigenvalue weighted by atomic mass is 16.5. The van der Waals surface area contributed by atoms with E-state index in [0.717, 1.165) is 12.1 Å². The van der Waals surface area contributed by atoms with Crippen LogP contribution in [-0.2, 0) is 9.53 Å². The molecule has 0 radical (unpaired) electrons. The minimum Gasteiger partial charge on any atom is -0.465 e. The predicted molar refractivity (Wildman–Crippen MR) is 50.4 cm³/mol. The third-order valence-corrected chi connectivity index (χ3v) is 2.22. The number of aromatic amines is 1. The van der Waals surface area contributed by atoms with E-state index in [2.05, 4.69) is 15.2 Å². The second-order valence-corrected chi connectivity index (χ2v) is 3.20. The third kappa shape index (κ3) is 1.66. The van der Waals surface area contributed by atoms with Crippen molar-refractivity contribution in [2.45, 2.75) is 13.3 Å². The monoisotopic (exact) mass is 193 g/mol. The first-order valence-corrected chi connectivity index (χ1v) is 4.48. The van der Waals surface area contributed by atoms with Gasteiger partial charge in [-0.2, -0.15) is 5.10 Å². The van der Waals surface area contributed by atoms with E-state index in [0.29, 0.717) is 12.4 Å². The fourth-order valence-electron chi connectivity index (χ4n) is 1.45. The highest BCUT2D eigenvalue weighted by molar-refractivity contribution is 6.02. The van der Waals surface area contributed by atoms with Gasteiger partial charge in [-0.25, -0.2) is 4.99 Å². The lowest BCUT2D eigenvalue weighted by atomic mass is 10.0. The number of aromatic nitrogens is 2. The summed E-state index contributed by atoms with van der Waals surface area (Å²) in [5, 5.41) is 6.49. The topological polar surface area (TPSA) is 67.3 Å². The van der Waals surface area contributed by atoms with E-state index in [1.54, 1.807) is 12.3 Å². The standard InChI is InChI=1S/C9H11N3O2/c1-6(7-3-5-14-9(7)13)11-8-2-4-10-12-8/h2,4,7H,3,5H2,1H3,(H,10,12). The Morgan fingerprint density at radius 2 is 2.64 bits per heavy atom. The minimum absolute atomic E-state index is 0.175. The Morgan fingerprint density at radius 3 is 3.21 bits per heavy atom. The maximum atomic E-state index is 11.2. The lowest BCUT2D eigenvalue weighted by molar-refractivity contribution is -0.139. The lowest BCUT2D eigenvalue weighted by Gasteiger charge is -2.02. The summed E-state index contributed by atoms with van der Waals surface area (Å²) in [5.41, 5.74) is 0.775. The van der Waals surface area contributed by atoms with Crippen LogP contribution in [0.1, 0.15) is 13.3 Å². The quantitative estimate of drug-likeness (QED) is 0.564. The molecule has 0 bridgehead atoms. The Kier molecular flexibility index (Phi) is 2.30. The van der Waals surface area contributed by atoms with Crippen molar-refractivity contribution in [3.63, 3.8) is 0 Å². The molecular weight excluding hydrogens is 182 g/mol. The van der Waals surface area contributed by atoms with Gasteiger partial charge in [0.1, 0.15) is 5.82 Å². The molecule has 2 rings (SSSR count). The first kappa shape index (κ1) is 8.93. The van der Waals surface area contributed by atoms with E-state index in [1.807, 2.05) is 6.92 Å². The van der Waals surface area contributed by atoms with Crippen molar-refractivity contribution < 1.29 is 9.53 Å². The average molecular weight is 193 g/mol. The Bertz CT molecular complexity index is 356. The molecule has 0 saturated carbocycles. The molecule has 14 heavy (non-hydrogen) atoms. The Labute approximate surface area is 81.2 Å². The predicted octanol–water partition coefficient (Wildman–Crippen LogP) is 1.07. The van der Waals surface area contributed by atoms with Gasteiger partial charge in [-0.1, -0.05) is 0 Å². The zero-order valence-electron chi connectivity index (χ0n) is 7.86. The number of carbonyl (C=O) groups excluding carboxylic acids is 1. The molecule has 0 spiro atoms. The smallest absolute Gasteiger partial charge is 0.314 e. The maximum absolute atomic E-state index is 11.2. The van der Waals surface area contributed by atoms with Gasteiger partial charge < -0.3 is 4.74 Å². The van der Waals surface area contributed by atoms with Crippen LogP contribution in [0.3, 0.4) is 0 Å². The number of hydrogen-bond donors (Lipinski definition) is 1. The Balaban J connectivity index is 2.15. The van der Waals surface area contributed by atoms with Crippen molar-refractivity contribution in [2.24, 2.45) is 10.9 Å². The number of ether oxygens (including phenoxy) is 1. The summed E-state index contributed by atoms with van der Waals surface area (Å²) in [6.45, 7) is 2.33. The molecular formula is C9H11N3O2. The van der Waals surface area contributed by atoms with E-state index in [-0.39, 0.29) is 11.9 Å². The van der Waals surface area contributed by atoms with Gasteiger partial charge in [0.25, 0.3) is 0 Å². The fraction of sp³-hybridized carbons (Fsp3) is 0.444. The number of hydrogen-bond acceptors (Lipinski definition) is 4. The zero-order chi connectivity index (χ0) is 9.97. The van der Waals surface area contributed by atoms with Gasteiger partial charge >= 0.3 is 5.97 Å². The van der Waals surface area contributed by atoms with Crippen molar-refractivity contribution in [1.29, 1.82) is 0 Å². The summed E-state index contributed by atoms with van der Waals surface area (Å²) >= 11 is 0. The van der Waals surface area contributed by atoms with Crippen LogP contribution in [-0.4, -0.2) is 28.5 Å². The van der Waals surface area contributed by atoms with Crippen LogP contribution >= 0.6 is 0 Å². The summed E-state index contributed by atoms with van der Waals surface area (Å²) in [6.07, 6.45) is 2.35. The first-order chi connectivity index (χ1) is 6.77. The first-order valence-electron chi connectivity index (χ1n) is 4.48. The van der Waals surface area contributed by atoms with Crippen molar-refractivity contribution in [3.8, 4) is 0 Å². The van der Waals surface area contributed by atoms with Crippen LogP contribution in [0.15, 0.2) is 17.3 Å². The van der Waals surface area contributed by atoms with Crippen LogP contribution < -0.4 is 0 Å². The van der Waals surface area contributed by atoms with Crippen molar-refractivity contribution in [2.75, 3.05) is 6.61 Å². The van der Waals surface area contributed by atoms with Gasteiger partial charge in [0.15, 0.2) is 0 Å². The highest BCUT2D eigenvalue weighted by Crippen LogP contribution is 2.18. The number of aliphatic imine (C=N–C) groups is 1. The van der Waals surface area contributed by atoms with Gasteiger partial charge in [0.05, 0.1) is 18.7 Å². The Morgan fingerprint density at radius 1 is 1.79 bits per heavy atom. The number of nitrogens with one attached hydrogen (secondary N) is 1. The van der Waals surface area contributed by atoms with E-state index < -0.39 is 0 Å². The van der Waals surface area contributed by atoms with Gasteiger partial charge in [0, 0.05) is 18.2 Å². The molecule has 5 nitrogen and oxygen atoms in total. The van der Waals surface area contributed by atoms with E-state index in [4.69, 9.17) is 4.74 Å². The average Bonchev–Trinajstić information content (AvgIpc) is 2.75. The molecule has 74 valence electrons. The van der Waals surface area contributed by atoms with Gasteiger partial charge in [-0.3, -0.25) is 9.89 Å². The second-order valence-electron chi connectivity index (χ2n) is 3.20. The number of carbonyl (C=O) groups is 1. The van der Waals surface area contributed by atoms with Gasteiger partial charge in [-0.05, 0) is 6.92 Å². The second kappa shape index (κ2) is 3.61. The number of H-pyrrole nitrogens is 1. The van der Waals surface area contributed by atoms with Crippen molar-refractivity contribution in [1.82, 2.24) is 10.2 Å². The molecule has 1 aromatic rings. The number of nitrogens with zero attached hydrogens (tertiary/aromatic N) is 2. The van der Waals surface area contributed by atoms with Gasteiger partial charge in [0.2, 0.25) is 0 Å². The summed E-state index contributed by atoms with van der Waals surface area (Å²) < 4.78 is 4.86. The largest absolute Gasteiger partial charge is 0.465 e. The molecule has 0 aliphatic carbocycles. The SMILES string of the molecule is CC(=Nc1ccn[nH]1)C1CCOC1=O. The molecule has 1 N–H and O–H groups in total. The van der Waals surface area contributed by atoms with Crippen molar-refractivity contribution in [3.05, 3.63) is 12.3 Å². The fourth-order valence-corrected chi connectivity index (χ4v) is 1.45. The van der Waals surface area contributed by atoms with E-state index in [9.17, 15) is 4.79 Å². The summed E-state index contributed by atoms with van der Waals surface area (Å²) in [5.74, 6) is 0.311. The number of cyclic esters (lactones) is 1. The van der Waals surface area contributed by atoms with Crippen LogP contribution in [0.4, 0.5) is 5.82 Å². The van der Waals surface area contributed by atoms with E-state index >= 15 is 0 Å². The van der Waals surface area contributed by atoms with Crippen LogP contribution in [0, 0.1) is 5.92 Å². The Hall–Kier alpha value is -1.65. The molecule has 1 unspecified atom stereocenters. The molecule has 0 amide bonds. The molecule has 5 heteroatoms. The molecule has 1 atom stereocenters. The molecule has 0 aromatic carbocycles. The molecule has 1 fully saturated rings. The maximum Gasteiger partial charge on any atom is 0.314 e. The van der Waals surface area contributed by atoms with Crippen LogP contribution in [0.5, 0.6) is 0 Å². The number of esters is 1. The summed E-state index contributed by atoms with van der Waals surface area (Å²) in [4.78, 5) is 15.5. The van der Waals surface area contributed by atoms with Crippen LogP contribution in [0.25, 0.3) is 0 Å². The third-order valence-electron chi connectivity index (χ3n) is 2.22. The molecule has 1 aliphatic rings. The minimum atomic E-state index is -0.182. The highest BCUT2D eigenvalue weighted by Gasteiger charge is 2.28. The number of rotatable bonds is 2.